The maximum atomic E-state index is 13.3. The molecule has 1 heterocycles. The van der Waals surface area contributed by atoms with Gasteiger partial charge in [-0.05, 0) is 35.7 Å². The number of carbonyl (C=O) groups excluding carboxylic acids is 2. The summed E-state index contributed by atoms with van der Waals surface area (Å²) in [6, 6.07) is 12.3. The topological polar surface area (TPSA) is 86.3 Å². The highest BCUT2D eigenvalue weighted by Crippen LogP contribution is 2.35. The number of hydrogen-bond donors (Lipinski definition) is 1. The van der Waals surface area contributed by atoms with Crippen LogP contribution in [-0.2, 0) is 14.3 Å². The molecule has 3 rings (SSSR count). The van der Waals surface area contributed by atoms with Crippen molar-refractivity contribution < 1.29 is 28.5 Å². The molecule has 8 heteroatoms. The number of benzene rings is 2. The van der Waals surface area contributed by atoms with E-state index in [2.05, 4.69) is 19.2 Å². The van der Waals surface area contributed by atoms with Crippen molar-refractivity contribution >= 4 is 23.1 Å². The molecule has 33 heavy (non-hydrogen) atoms. The van der Waals surface area contributed by atoms with Gasteiger partial charge in [0.05, 0.1) is 45.2 Å². The lowest BCUT2D eigenvalue weighted by Crippen LogP contribution is -2.35. The van der Waals surface area contributed by atoms with Crippen molar-refractivity contribution in [1.29, 1.82) is 0 Å². The lowest BCUT2D eigenvalue weighted by molar-refractivity contribution is -0.137. The highest BCUT2D eigenvalue weighted by atomic mass is 16.5. The number of amides is 2. The minimum atomic E-state index is -0.433. The van der Waals surface area contributed by atoms with Crippen LogP contribution in [0.25, 0.3) is 5.57 Å². The molecule has 1 aliphatic heterocycles. The largest absolute Gasteiger partial charge is 0.497 e. The third-order valence-corrected chi connectivity index (χ3v) is 5.08. The summed E-state index contributed by atoms with van der Waals surface area (Å²) in [5.41, 5.74) is 1.56. The molecule has 0 atom stereocenters. The quantitative estimate of drug-likeness (QED) is 0.520. The molecular formula is C25H30N2O6. The van der Waals surface area contributed by atoms with Crippen LogP contribution in [0, 0.1) is 5.92 Å². The summed E-state index contributed by atoms with van der Waals surface area (Å²) >= 11 is 0. The summed E-state index contributed by atoms with van der Waals surface area (Å²) in [5, 5.41) is 3.12. The molecule has 0 spiro atoms. The number of ether oxygens (including phenoxy) is 4. The Bertz CT molecular complexity index is 1030. The van der Waals surface area contributed by atoms with Crippen LogP contribution in [0.5, 0.6) is 17.2 Å². The monoisotopic (exact) mass is 454 g/mol. The minimum Gasteiger partial charge on any atom is -0.497 e. The average Bonchev–Trinajstić information content (AvgIpc) is 3.05. The fourth-order valence-corrected chi connectivity index (χ4v) is 3.37. The molecule has 0 bridgehead atoms. The molecule has 0 saturated heterocycles. The normalized spacial score (nSPS) is 13.7. The van der Waals surface area contributed by atoms with Crippen molar-refractivity contribution in [3.05, 3.63) is 53.7 Å². The summed E-state index contributed by atoms with van der Waals surface area (Å²) in [5.74, 6) is 1.36. The minimum absolute atomic E-state index is 0.147. The van der Waals surface area contributed by atoms with E-state index in [0.717, 1.165) is 0 Å². The first kappa shape index (κ1) is 24.1. The predicted octanol–water partition coefficient (Wildman–Crippen LogP) is 3.58. The SMILES string of the molecule is COCCN1C(=O)C(Nc2cc(OC)ccc2OC)=C(c2ccc(OCC(C)C)cc2)C1=O. The van der Waals surface area contributed by atoms with E-state index in [9.17, 15) is 9.59 Å². The van der Waals surface area contributed by atoms with Crippen molar-refractivity contribution in [2.75, 3.05) is 46.4 Å². The third-order valence-electron chi connectivity index (χ3n) is 5.08. The number of nitrogens with one attached hydrogen (secondary N) is 1. The van der Waals surface area contributed by atoms with E-state index in [0.29, 0.717) is 41.0 Å². The number of carbonyl (C=O) groups is 2. The van der Waals surface area contributed by atoms with E-state index in [-0.39, 0.29) is 24.4 Å². The first-order valence-corrected chi connectivity index (χ1v) is 10.7. The van der Waals surface area contributed by atoms with Gasteiger partial charge in [0.25, 0.3) is 11.8 Å². The van der Waals surface area contributed by atoms with Crippen LogP contribution < -0.4 is 19.5 Å². The number of hydrogen-bond acceptors (Lipinski definition) is 7. The highest BCUT2D eigenvalue weighted by molar-refractivity contribution is 6.36. The van der Waals surface area contributed by atoms with Gasteiger partial charge in [0.2, 0.25) is 0 Å². The van der Waals surface area contributed by atoms with Crippen LogP contribution in [0.15, 0.2) is 48.2 Å². The Balaban J connectivity index is 2.01. The Morgan fingerprint density at radius 3 is 2.21 bits per heavy atom. The summed E-state index contributed by atoms with van der Waals surface area (Å²) in [6.07, 6.45) is 0. The first-order valence-electron chi connectivity index (χ1n) is 10.7. The number of anilines is 1. The van der Waals surface area contributed by atoms with Gasteiger partial charge in [0, 0.05) is 13.2 Å². The van der Waals surface area contributed by atoms with E-state index in [1.165, 1.54) is 19.1 Å². The second-order valence-electron chi connectivity index (χ2n) is 7.93. The summed E-state index contributed by atoms with van der Waals surface area (Å²) in [6.45, 7) is 5.12. The zero-order valence-corrected chi connectivity index (χ0v) is 19.6. The second kappa shape index (κ2) is 10.9. The molecule has 176 valence electrons. The van der Waals surface area contributed by atoms with Gasteiger partial charge in [0.1, 0.15) is 22.9 Å². The molecule has 8 nitrogen and oxygen atoms in total. The van der Waals surface area contributed by atoms with Crippen molar-refractivity contribution in [2.45, 2.75) is 13.8 Å². The first-order chi connectivity index (χ1) is 15.9. The lowest BCUT2D eigenvalue weighted by Gasteiger charge is -2.15. The third kappa shape index (κ3) is 5.46. The van der Waals surface area contributed by atoms with Gasteiger partial charge in [-0.1, -0.05) is 26.0 Å². The molecule has 0 unspecified atom stereocenters. The van der Waals surface area contributed by atoms with Crippen LogP contribution in [0.2, 0.25) is 0 Å². The highest BCUT2D eigenvalue weighted by Gasteiger charge is 2.39. The Hall–Kier alpha value is -3.52. The number of rotatable bonds is 11. The van der Waals surface area contributed by atoms with Gasteiger partial charge in [-0.2, -0.15) is 0 Å². The maximum absolute atomic E-state index is 13.3. The van der Waals surface area contributed by atoms with Crippen molar-refractivity contribution in [2.24, 2.45) is 5.92 Å². The zero-order valence-electron chi connectivity index (χ0n) is 19.6. The number of nitrogens with zero attached hydrogens (tertiary/aromatic N) is 1. The molecule has 1 aliphatic rings. The Morgan fingerprint density at radius 2 is 1.61 bits per heavy atom. The van der Waals surface area contributed by atoms with E-state index in [4.69, 9.17) is 18.9 Å². The number of imide groups is 1. The van der Waals surface area contributed by atoms with E-state index in [1.807, 2.05) is 0 Å². The molecule has 0 saturated carbocycles. The van der Waals surface area contributed by atoms with Crippen LogP contribution in [0.4, 0.5) is 5.69 Å². The van der Waals surface area contributed by atoms with Gasteiger partial charge in [-0.15, -0.1) is 0 Å². The van der Waals surface area contributed by atoms with Crippen LogP contribution in [0.1, 0.15) is 19.4 Å². The summed E-state index contributed by atoms with van der Waals surface area (Å²) in [4.78, 5) is 27.7. The molecule has 0 aliphatic carbocycles. The Labute approximate surface area is 194 Å². The van der Waals surface area contributed by atoms with Gasteiger partial charge in [-0.3, -0.25) is 14.5 Å². The van der Waals surface area contributed by atoms with Crippen molar-refractivity contribution in [3.8, 4) is 17.2 Å². The standard InChI is InChI=1S/C25H30N2O6/c1-16(2)15-33-18-8-6-17(7-9-18)22-23(25(29)27(24(22)28)12-13-30-3)26-20-14-19(31-4)10-11-21(20)32-5/h6-11,14,16,26H,12-13,15H2,1-5H3. The molecule has 2 aromatic rings. The fourth-order valence-electron chi connectivity index (χ4n) is 3.37. The molecule has 0 aromatic heterocycles. The van der Waals surface area contributed by atoms with Crippen molar-refractivity contribution in [1.82, 2.24) is 4.90 Å². The van der Waals surface area contributed by atoms with E-state index < -0.39 is 11.8 Å². The molecule has 2 amide bonds. The molecule has 0 radical (unpaired) electrons. The lowest BCUT2D eigenvalue weighted by atomic mass is 10.0. The van der Waals surface area contributed by atoms with Gasteiger partial charge < -0.3 is 24.3 Å². The van der Waals surface area contributed by atoms with E-state index in [1.54, 1.807) is 49.6 Å². The van der Waals surface area contributed by atoms with E-state index >= 15 is 0 Å². The Morgan fingerprint density at radius 1 is 0.909 bits per heavy atom. The van der Waals surface area contributed by atoms with Gasteiger partial charge in [-0.25, -0.2) is 0 Å². The van der Waals surface area contributed by atoms with Crippen LogP contribution >= 0.6 is 0 Å². The van der Waals surface area contributed by atoms with Crippen LogP contribution in [-0.4, -0.2) is 57.8 Å². The molecular weight excluding hydrogens is 424 g/mol. The average molecular weight is 455 g/mol. The van der Waals surface area contributed by atoms with Gasteiger partial charge in [0.15, 0.2) is 0 Å². The maximum Gasteiger partial charge on any atom is 0.278 e. The summed E-state index contributed by atoms with van der Waals surface area (Å²) in [7, 11) is 4.61. The molecule has 1 N–H and O–H groups in total. The fraction of sp³-hybridized carbons (Fsp3) is 0.360. The number of methoxy groups -OCH3 is 3. The Kier molecular flexibility index (Phi) is 7.95. The van der Waals surface area contributed by atoms with Gasteiger partial charge >= 0.3 is 0 Å². The summed E-state index contributed by atoms with van der Waals surface area (Å²) < 4.78 is 21.6. The predicted molar refractivity (Wildman–Crippen MR) is 125 cm³/mol. The van der Waals surface area contributed by atoms with Crippen molar-refractivity contribution in [3.63, 3.8) is 0 Å². The molecule has 0 fully saturated rings. The zero-order chi connectivity index (χ0) is 24.0. The van der Waals surface area contributed by atoms with Crippen LogP contribution in [0.3, 0.4) is 0 Å². The molecule has 2 aromatic carbocycles. The smallest absolute Gasteiger partial charge is 0.278 e. The second-order valence-corrected chi connectivity index (χ2v) is 7.93.